The molecule has 3 fully saturated rings. The summed E-state index contributed by atoms with van der Waals surface area (Å²) in [7, 11) is 0. The highest BCUT2D eigenvalue weighted by atomic mass is 16.5. The number of hydrogen-bond donors (Lipinski definition) is 0. The van der Waals surface area contributed by atoms with E-state index in [2.05, 4.69) is 39.5 Å². The molecule has 0 heterocycles. The van der Waals surface area contributed by atoms with Crippen LogP contribution in [0, 0.1) is 56.8 Å². The van der Waals surface area contributed by atoms with E-state index in [1.54, 1.807) is 0 Å². The third-order valence-electron chi connectivity index (χ3n) is 12.5. The maximum Gasteiger partial charge on any atom is 0.312 e. The first kappa shape index (κ1) is 27.4. The number of esters is 1. The van der Waals surface area contributed by atoms with E-state index in [0.29, 0.717) is 6.61 Å². The first-order chi connectivity index (χ1) is 17.5. The van der Waals surface area contributed by atoms with Crippen LogP contribution >= 0.6 is 0 Å². The summed E-state index contributed by atoms with van der Waals surface area (Å²) in [5.41, 5.74) is -0.990. The molecule has 3 saturated carbocycles. The van der Waals surface area contributed by atoms with Crippen LogP contribution in [0.4, 0.5) is 0 Å². The molecule has 5 aliphatic rings. The summed E-state index contributed by atoms with van der Waals surface area (Å²) < 4.78 is 5.70. The molecule has 3 unspecified atom stereocenters. The molecule has 0 aliphatic heterocycles. The Labute approximate surface area is 228 Å². The Hall–Kier alpha value is -2.22. The molecule has 0 amide bonds. The van der Waals surface area contributed by atoms with Crippen LogP contribution in [0.5, 0.6) is 0 Å². The van der Waals surface area contributed by atoms with Gasteiger partial charge >= 0.3 is 5.97 Å². The fraction of sp³-hybridized carbons (Fsp3) is 0.758. The number of ketones is 2. The number of carbonyl (C=O) groups is 3. The smallest absolute Gasteiger partial charge is 0.312 e. The van der Waals surface area contributed by atoms with Gasteiger partial charge in [0, 0.05) is 16.7 Å². The van der Waals surface area contributed by atoms with Crippen molar-refractivity contribution in [2.75, 3.05) is 6.61 Å². The van der Waals surface area contributed by atoms with Gasteiger partial charge in [0.25, 0.3) is 0 Å². The molecule has 38 heavy (non-hydrogen) atoms. The Kier molecular flexibility index (Phi) is 5.87. The molecule has 0 radical (unpaired) electrons. The Morgan fingerprint density at radius 2 is 1.68 bits per heavy atom. The van der Waals surface area contributed by atoms with E-state index in [1.165, 1.54) is 0 Å². The van der Waals surface area contributed by atoms with Crippen molar-refractivity contribution >= 4 is 17.5 Å². The SMILES string of the molecule is [C-]#[N+]C1=C[C@]2(C)C3=CC(=O)C4C5CC(C)(C)CC[C@]5(C(=O)OCC)CC[C@@]4(C)[C@]3(C)CCC2C(C)(C)C1=O. The van der Waals surface area contributed by atoms with Gasteiger partial charge in [-0.15, -0.1) is 0 Å². The lowest BCUT2D eigenvalue weighted by molar-refractivity contribution is -0.192. The van der Waals surface area contributed by atoms with Gasteiger partial charge < -0.3 is 9.53 Å². The minimum absolute atomic E-state index is 0.0381. The van der Waals surface area contributed by atoms with E-state index in [9.17, 15) is 14.4 Å². The zero-order valence-corrected chi connectivity index (χ0v) is 24.6. The van der Waals surface area contributed by atoms with Crippen LogP contribution in [0.25, 0.3) is 4.85 Å². The third kappa shape index (κ3) is 3.24. The van der Waals surface area contributed by atoms with Gasteiger partial charge in [0.15, 0.2) is 11.6 Å². The Morgan fingerprint density at radius 1 is 1.03 bits per heavy atom. The minimum Gasteiger partial charge on any atom is -0.466 e. The number of fused-ring (bicyclic) bond motifs is 7. The molecule has 0 aromatic rings. The predicted molar refractivity (Wildman–Crippen MR) is 147 cm³/mol. The fourth-order valence-corrected chi connectivity index (χ4v) is 10.2. The van der Waals surface area contributed by atoms with Crippen molar-refractivity contribution in [3.8, 4) is 0 Å². The summed E-state index contributed by atoms with van der Waals surface area (Å²) >= 11 is 0. The average Bonchev–Trinajstić information content (AvgIpc) is 2.82. The zero-order valence-electron chi connectivity index (χ0n) is 24.6. The average molecular weight is 520 g/mol. The number of allylic oxidation sites excluding steroid dienone is 4. The predicted octanol–water partition coefficient (Wildman–Crippen LogP) is 7.12. The van der Waals surface area contributed by atoms with Crippen molar-refractivity contribution in [3.63, 3.8) is 0 Å². The quantitative estimate of drug-likeness (QED) is 0.288. The van der Waals surface area contributed by atoms with Crippen LogP contribution in [0.2, 0.25) is 0 Å². The molecule has 0 bridgehead atoms. The first-order valence-corrected chi connectivity index (χ1v) is 14.6. The number of rotatable bonds is 2. The van der Waals surface area contributed by atoms with E-state index in [4.69, 9.17) is 11.3 Å². The van der Waals surface area contributed by atoms with E-state index in [0.717, 1.165) is 50.5 Å². The summed E-state index contributed by atoms with van der Waals surface area (Å²) in [4.78, 5) is 44.9. The highest BCUT2D eigenvalue weighted by Gasteiger charge is 2.71. The van der Waals surface area contributed by atoms with E-state index >= 15 is 0 Å². The minimum atomic E-state index is -0.661. The second-order valence-electron chi connectivity index (χ2n) is 15.1. The van der Waals surface area contributed by atoms with E-state index in [1.807, 2.05) is 32.9 Å². The molecule has 206 valence electrons. The van der Waals surface area contributed by atoms with Gasteiger partial charge in [0.1, 0.15) is 0 Å². The standard InChI is InChI=1S/C33H45NO4/c1-10-38-27(37)33-15-13-28(2,3)18-20(33)25-22(35)17-24-30(6)19-21(34-9)26(36)29(4,5)23(30)11-12-31(24,7)32(25,8)14-16-33/h17,19-20,23,25H,10-16,18H2,1-8H3/t20?,23?,25?,30-,31+,32+,33-/m0/s1. The van der Waals surface area contributed by atoms with Crippen molar-refractivity contribution in [1.82, 2.24) is 0 Å². The van der Waals surface area contributed by atoms with Crippen molar-refractivity contribution in [2.45, 2.75) is 100 Å². The Morgan fingerprint density at radius 3 is 2.32 bits per heavy atom. The number of carbonyl (C=O) groups excluding carboxylic acids is 3. The lowest BCUT2D eigenvalue weighted by Gasteiger charge is -2.68. The lowest BCUT2D eigenvalue weighted by Crippen LogP contribution is -2.65. The van der Waals surface area contributed by atoms with Crippen LogP contribution in [0.3, 0.4) is 0 Å². The molecular formula is C33H45NO4. The molecule has 5 heteroatoms. The number of nitrogens with zero attached hydrogens (tertiary/aromatic N) is 1. The van der Waals surface area contributed by atoms with Gasteiger partial charge in [-0.2, -0.15) is 0 Å². The summed E-state index contributed by atoms with van der Waals surface area (Å²) in [6, 6.07) is 0. The summed E-state index contributed by atoms with van der Waals surface area (Å²) in [5.74, 6) is -0.302. The van der Waals surface area contributed by atoms with Gasteiger partial charge in [-0.3, -0.25) is 9.59 Å². The molecule has 0 saturated heterocycles. The molecular weight excluding hydrogens is 474 g/mol. The maximum absolute atomic E-state index is 14.4. The van der Waals surface area contributed by atoms with E-state index in [-0.39, 0.29) is 57.2 Å². The summed E-state index contributed by atoms with van der Waals surface area (Å²) in [6.07, 6.45) is 9.73. The molecule has 5 rings (SSSR count). The Balaban J connectivity index is 1.69. The zero-order chi connectivity index (χ0) is 28.1. The Bertz CT molecular complexity index is 1220. The second-order valence-corrected chi connectivity index (χ2v) is 15.1. The molecule has 7 atom stereocenters. The van der Waals surface area contributed by atoms with Crippen molar-refractivity contribution in [2.24, 2.45) is 50.2 Å². The highest BCUT2D eigenvalue weighted by Crippen LogP contribution is 2.74. The third-order valence-corrected chi connectivity index (χ3v) is 12.5. The van der Waals surface area contributed by atoms with Gasteiger partial charge in [-0.05, 0) is 86.0 Å². The monoisotopic (exact) mass is 519 g/mol. The van der Waals surface area contributed by atoms with Crippen molar-refractivity contribution in [3.05, 3.63) is 34.8 Å². The largest absolute Gasteiger partial charge is 0.466 e. The topological polar surface area (TPSA) is 64.8 Å². The normalized spacial score (nSPS) is 44.8. The van der Waals surface area contributed by atoms with Gasteiger partial charge in [-0.1, -0.05) is 60.1 Å². The molecule has 0 N–H and O–H groups in total. The lowest BCUT2D eigenvalue weighted by atomic mass is 9.34. The van der Waals surface area contributed by atoms with Gasteiger partial charge in [0.2, 0.25) is 5.70 Å². The number of Topliss-reactive ketones (excluding diaryl/α,β-unsaturated/α-hetero) is 1. The second kappa shape index (κ2) is 8.15. The van der Waals surface area contributed by atoms with Crippen LogP contribution in [-0.2, 0) is 19.1 Å². The van der Waals surface area contributed by atoms with Crippen LogP contribution < -0.4 is 0 Å². The summed E-state index contributed by atoms with van der Waals surface area (Å²) in [5, 5.41) is 0. The molecule has 5 nitrogen and oxygen atoms in total. The highest BCUT2D eigenvalue weighted by molar-refractivity contribution is 6.03. The van der Waals surface area contributed by atoms with Crippen LogP contribution in [0.15, 0.2) is 23.4 Å². The van der Waals surface area contributed by atoms with Gasteiger partial charge in [0.05, 0.1) is 18.6 Å². The number of ether oxygens (including phenoxy) is 1. The van der Waals surface area contributed by atoms with Crippen molar-refractivity contribution in [1.29, 1.82) is 0 Å². The van der Waals surface area contributed by atoms with Crippen LogP contribution in [-0.4, -0.2) is 24.1 Å². The fourth-order valence-electron chi connectivity index (χ4n) is 10.2. The molecule has 0 aromatic carbocycles. The van der Waals surface area contributed by atoms with Crippen molar-refractivity contribution < 1.29 is 19.1 Å². The molecule has 0 spiro atoms. The molecule has 5 aliphatic carbocycles. The van der Waals surface area contributed by atoms with E-state index < -0.39 is 16.2 Å². The maximum atomic E-state index is 14.4. The molecule has 0 aromatic heterocycles. The first-order valence-electron chi connectivity index (χ1n) is 14.6. The van der Waals surface area contributed by atoms with Crippen LogP contribution in [0.1, 0.15) is 100 Å². The van der Waals surface area contributed by atoms with Gasteiger partial charge in [-0.25, -0.2) is 4.85 Å². The number of hydrogen-bond acceptors (Lipinski definition) is 4. The summed E-state index contributed by atoms with van der Waals surface area (Å²) in [6.45, 7) is 25.3.